The Bertz CT molecular complexity index is 78.9. The van der Waals surface area contributed by atoms with E-state index < -0.39 is 0 Å². The van der Waals surface area contributed by atoms with Gasteiger partial charge in [0.2, 0.25) is 0 Å². The molecular weight excluding hydrogens is 136 g/mol. The summed E-state index contributed by atoms with van der Waals surface area (Å²) >= 11 is 5.53. The normalized spacial score (nSPS) is 21.2. The molecule has 0 N–H and O–H groups in total. The maximum absolute atomic E-state index is 5.53. The molecule has 0 atom stereocenters. The quantitative estimate of drug-likeness (QED) is 0.472. The summed E-state index contributed by atoms with van der Waals surface area (Å²) in [6.07, 6.45) is 0. The van der Waals surface area contributed by atoms with E-state index >= 15 is 0 Å². The van der Waals surface area contributed by atoms with Crippen LogP contribution in [0, 0.1) is 0 Å². The molecule has 3 heteroatoms. The van der Waals surface area contributed by atoms with Crippen LogP contribution in [0.2, 0.25) is 0 Å². The van der Waals surface area contributed by atoms with Gasteiger partial charge in [-0.2, -0.15) is 0 Å². The molecule has 0 aliphatic carbocycles. The predicted octanol–water partition coefficient (Wildman–Crippen LogP) is 2.46. The van der Waals surface area contributed by atoms with Gasteiger partial charge in [0.1, 0.15) is 0 Å². The Balaban J connectivity index is 2.45. The molecule has 0 saturated carbocycles. The Kier molecular flexibility index (Phi) is 1.74. The Morgan fingerprint density at radius 1 is 1.83 bits per heavy atom. The molecule has 0 nitrogen and oxygen atoms in total. The summed E-state index contributed by atoms with van der Waals surface area (Å²) in [6, 6.07) is 0. The van der Waals surface area contributed by atoms with Crippen molar-refractivity contribution in [2.75, 3.05) is 5.75 Å². The highest BCUT2D eigenvalue weighted by molar-refractivity contribution is 8.78. The first-order valence-electron chi connectivity index (χ1n) is 1.52. The van der Waals surface area contributed by atoms with Gasteiger partial charge in [0.25, 0.3) is 0 Å². The van der Waals surface area contributed by atoms with Crippen LogP contribution in [0.25, 0.3) is 0 Å². The molecule has 0 amide bonds. The summed E-state index contributed by atoms with van der Waals surface area (Å²) in [4.78, 5) is 0. The van der Waals surface area contributed by atoms with E-state index in [0.717, 1.165) is 10.8 Å². The lowest BCUT2D eigenvalue weighted by molar-refractivity contribution is 1.76. The van der Waals surface area contributed by atoms with Crippen molar-refractivity contribution in [3.05, 3.63) is 10.4 Å². The molecule has 6 heavy (non-hydrogen) atoms. The Labute approximate surface area is 49.7 Å². The fourth-order valence-corrected chi connectivity index (χ4v) is 2.62. The van der Waals surface area contributed by atoms with Crippen LogP contribution in [0.1, 0.15) is 0 Å². The number of hydrogen-bond acceptors (Lipinski definition) is 2. The van der Waals surface area contributed by atoms with Crippen molar-refractivity contribution < 1.29 is 0 Å². The van der Waals surface area contributed by atoms with Crippen LogP contribution in [0.5, 0.6) is 0 Å². The second kappa shape index (κ2) is 2.15. The van der Waals surface area contributed by atoms with Crippen LogP contribution < -0.4 is 0 Å². The van der Waals surface area contributed by atoms with Gasteiger partial charge in [0.15, 0.2) is 0 Å². The third-order valence-corrected chi connectivity index (χ3v) is 2.97. The summed E-state index contributed by atoms with van der Waals surface area (Å²) < 4.78 is 0. The Morgan fingerprint density at radius 3 is 2.83 bits per heavy atom. The maximum atomic E-state index is 5.53. The average molecular weight is 139 g/mol. The van der Waals surface area contributed by atoms with Gasteiger partial charge >= 0.3 is 0 Å². The second-order valence-electron chi connectivity index (χ2n) is 0.923. The molecule has 0 radical (unpaired) electrons. The van der Waals surface area contributed by atoms with Crippen molar-refractivity contribution in [3.63, 3.8) is 0 Å². The van der Waals surface area contributed by atoms with Crippen LogP contribution in [-0.4, -0.2) is 5.75 Å². The molecule has 0 aromatic rings. The molecule has 0 spiro atoms. The molecule has 0 unspecified atom stereocenters. The first-order valence-corrected chi connectivity index (χ1v) is 4.28. The van der Waals surface area contributed by atoms with Gasteiger partial charge in [-0.1, -0.05) is 33.2 Å². The molecule has 0 aromatic carbocycles. The van der Waals surface area contributed by atoms with Crippen LogP contribution in [0.3, 0.4) is 0 Å². The number of halogens is 1. The number of hydrogen-bond donors (Lipinski definition) is 0. The van der Waals surface area contributed by atoms with Crippen molar-refractivity contribution in [1.82, 2.24) is 0 Å². The van der Waals surface area contributed by atoms with Crippen LogP contribution in [0.15, 0.2) is 10.4 Å². The third-order valence-electron chi connectivity index (χ3n) is 0.441. The first kappa shape index (κ1) is 4.88. The fraction of sp³-hybridized carbons (Fsp3) is 0.333. The molecule has 1 aliphatic heterocycles. The molecule has 0 aromatic heterocycles. The van der Waals surface area contributed by atoms with Crippen molar-refractivity contribution in [1.29, 1.82) is 0 Å². The van der Waals surface area contributed by atoms with Gasteiger partial charge < -0.3 is 0 Å². The fourth-order valence-electron chi connectivity index (χ4n) is 0.211. The Hall–Kier alpha value is 0.730. The van der Waals surface area contributed by atoms with Gasteiger partial charge in [-0.15, -0.1) is 0 Å². The van der Waals surface area contributed by atoms with E-state index in [-0.39, 0.29) is 0 Å². The van der Waals surface area contributed by atoms with Gasteiger partial charge in [-0.05, 0) is 5.41 Å². The highest BCUT2D eigenvalue weighted by Gasteiger charge is 1.99. The van der Waals surface area contributed by atoms with Crippen molar-refractivity contribution in [2.45, 2.75) is 0 Å². The standard InChI is InChI=1S/C3H3ClS2/c4-3-1-5-6-2-3/h1H,2H2. The lowest BCUT2D eigenvalue weighted by Gasteiger charge is -1.75. The zero-order chi connectivity index (χ0) is 4.41. The largest absolute Gasteiger partial charge is 0.0876 e. The second-order valence-corrected chi connectivity index (χ2v) is 3.65. The summed E-state index contributed by atoms with van der Waals surface area (Å²) in [6.45, 7) is 0. The van der Waals surface area contributed by atoms with Crippen molar-refractivity contribution in [2.24, 2.45) is 0 Å². The minimum absolute atomic E-state index is 0.977. The Morgan fingerprint density at radius 2 is 2.67 bits per heavy atom. The SMILES string of the molecule is ClC1=CSSC1. The molecule has 34 valence electrons. The molecule has 0 bridgehead atoms. The summed E-state index contributed by atoms with van der Waals surface area (Å²) in [5.41, 5.74) is 0. The monoisotopic (exact) mass is 138 g/mol. The summed E-state index contributed by atoms with van der Waals surface area (Å²) in [5, 5.41) is 2.94. The van der Waals surface area contributed by atoms with E-state index in [4.69, 9.17) is 11.6 Å². The van der Waals surface area contributed by atoms with E-state index in [0.29, 0.717) is 0 Å². The third kappa shape index (κ3) is 1.10. The maximum Gasteiger partial charge on any atom is 0.0405 e. The molecular formula is C3H3ClS2. The van der Waals surface area contributed by atoms with Gasteiger partial charge in [0, 0.05) is 10.8 Å². The summed E-state index contributed by atoms with van der Waals surface area (Å²) in [5.74, 6) is 0.992. The lowest BCUT2D eigenvalue weighted by atomic mass is 10.7. The van der Waals surface area contributed by atoms with Gasteiger partial charge in [-0.3, -0.25) is 0 Å². The van der Waals surface area contributed by atoms with E-state index in [1.165, 1.54) is 0 Å². The first-order chi connectivity index (χ1) is 2.89. The van der Waals surface area contributed by atoms with E-state index in [9.17, 15) is 0 Å². The molecule has 1 rings (SSSR count). The smallest absolute Gasteiger partial charge is 0.0405 e. The summed E-state index contributed by atoms with van der Waals surface area (Å²) in [7, 11) is 3.48. The van der Waals surface area contributed by atoms with E-state index in [1.807, 2.05) is 5.41 Å². The predicted molar refractivity (Wildman–Crippen MR) is 34.0 cm³/mol. The van der Waals surface area contributed by atoms with E-state index in [1.54, 1.807) is 21.6 Å². The lowest BCUT2D eigenvalue weighted by Crippen LogP contribution is -1.61. The highest BCUT2D eigenvalue weighted by Crippen LogP contribution is 2.34. The minimum Gasteiger partial charge on any atom is -0.0876 e. The zero-order valence-electron chi connectivity index (χ0n) is 2.98. The van der Waals surface area contributed by atoms with Crippen molar-refractivity contribution in [3.8, 4) is 0 Å². The number of rotatable bonds is 0. The van der Waals surface area contributed by atoms with Crippen LogP contribution in [0.4, 0.5) is 0 Å². The molecule has 1 heterocycles. The zero-order valence-corrected chi connectivity index (χ0v) is 5.37. The molecule has 0 saturated heterocycles. The average Bonchev–Trinajstić information content (AvgIpc) is 1.86. The van der Waals surface area contributed by atoms with Crippen LogP contribution >= 0.6 is 33.2 Å². The minimum atomic E-state index is 0.977. The van der Waals surface area contributed by atoms with Crippen LogP contribution in [-0.2, 0) is 0 Å². The van der Waals surface area contributed by atoms with E-state index in [2.05, 4.69) is 0 Å². The highest BCUT2D eigenvalue weighted by atomic mass is 35.5. The molecule has 0 fully saturated rings. The van der Waals surface area contributed by atoms with Crippen molar-refractivity contribution >= 4 is 33.2 Å². The topological polar surface area (TPSA) is 0 Å². The van der Waals surface area contributed by atoms with Gasteiger partial charge in [-0.25, -0.2) is 0 Å². The molecule has 1 aliphatic rings. The van der Waals surface area contributed by atoms with Gasteiger partial charge in [0.05, 0.1) is 0 Å².